The molecule has 2 fully saturated rings. The lowest BCUT2D eigenvalue weighted by molar-refractivity contribution is 0.294. The maximum atomic E-state index is 11.5. The normalized spacial score (nSPS) is 31.9. The number of nitrogens with two attached hydrogens (primary N) is 1. The van der Waals surface area contributed by atoms with Gasteiger partial charge in [-0.2, -0.15) is 0 Å². The molecular weight excluding hydrogens is 222 g/mol. The standard InChI is InChI=1S/C12H23NO2S/c13-8-12(7-10-3-1-2-4-10)11-5-6-16(14,15)9-11/h10-12H,1-9,13H2. The molecule has 0 aromatic heterocycles. The van der Waals surface area contributed by atoms with Crippen molar-refractivity contribution in [2.45, 2.75) is 38.5 Å². The molecule has 0 aromatic rings. The van der Waals surface area contributed by atoms with Crippen molar-refractivity contribution in [2.75, 3.05) is 18.1 Å². The van der Waals surface area contributed by atoms with Crippen LogP contribution < -0.4 is 5.73 Å². The highest BCUT2D eigenvalue weighted by atomic mass is 32.2. The molecule has 94 valence electrons. The van der Waals surface area contributed by atoms with Gasteiger partial charge in [-0.15, -0.1) is 0 Å². The zero-order valence-electron chi connectivity index (χ0n) is 9.90. The van der Waals surface area contributed by atoms with Gasteiger partial charge < -0.3 is 5.73 Å². The van der Waals surface area contributed by atoms with Crippen molar-refractivity contribution in [1.82, 2.24) is 0 Å². The molecule has 1 saturated heterocycles. The zero-order valence-corrected chi connectivity index (χ0v) is 10.7. The van der Waals surface area contributed by atoms with Crippen molar-refractivity contribution in [3.05, 3.63) is 0 Å². The number of rotatable bonds is 4. The maximum Gasteiger partial charge on any atom is 0.150 e. The van der Waals surface area contributed by atoms with Crippen molar-refractivity contribution < 1.29 is 8.42 Å². The van der Waals surface area contributed by atoms with Crippen LogP contribution in [0.3, 0.4) is 0 Å². The first-order valence-corrected chi connectivity index (χ1v) is 8.33. The molecule has 3 nitrogen and oxygen atoms in total. The van der Waals surface area contributed by atoms with Crippen molar-refractivity contribution in [3.8, 4) is 0 Å². The van der Waals surface area contributed by atoms with Gasteiger partial charge in [-0.1, -0.05) is 25.7 Å². The first-order chi connectivity index (χ1) is 7.61. The van der Waals surface area contributed by atoms with Crippen LogP contribution in [-0.4, -0.2) is 26.5 Å². The summed E-state index contributed by atoms with van der Waals surface area (Å²) in [5.41, 5.74) is 5.82. The minimum atomic E-state index is -2.74. The average molecular weight is 245 g/mol. The van der Waals surface area contributed by atoms with E-state index >= 15 is 0 Å². The summed E-state index contributed by atoms with van der Waals surface area (Å²) in [7, 11) is -2.74. The van der Waals surface area contributed by atoms with Gasteiger partial charge >= 0.3 is 0 Å². The SMILES string of the molecule is NCC(CC1CCCC1)C1CCS(=O)(=O)C1. The fourth-order valence-electron chi connectivity index (χ4n) is 3.35. The van der Waals surface area contributed by atoms with Crippen LogP contribution in [0.25, 0.3) is 0 Å². The molecular formula is C12H23NO2S. The van der Waals surface area contributed by atoms with Crippen LogP contribution in [0.1, 0.15) is 38.5 Å². The first-order valence-electron chi connectivity index (χ1n) is 6.51. The maximum absolute atomic E-state index is 11.5. The first kappa shape index (κ1) is 12.4. The summed E-state index contributed by atoms with van der Waals surface area (Å²) >= 11 is 0. The summed E-state index contributed by atoms with van der Waals surface area (Å²) in [6, 6.07) is 0. The van der Waals surface area contributed by atoms with Crippen molar-refractivity contribution >= 4 is 9.84 Å². The number of sulfone groups is 1. The highest BCUT2D eigenvalue weighted by molar-refractivity contribution is 7.91. The van der Waals surface area contributed by atoms with E-state index in [0.29, 0.717) is 29.9 Å². The second kappa shape index (κ2) is 5.05. The van der Waals surface area contributed by atoms with Gasteiger partial charge in [0, 0.05) is 0 Å². The molecule has 1 aliphatic carbocycles. The summed E-state index contributed by atoms with van der Waals surface area (Å²) in [5.74, 6) is 2.38. The molecule has 2 atom stereocenters. The lowest BCUT2D eigenvalue weighted by Crippen LogP contribution is -2.26. The predicted molar refractivity (Wildman–Crippen MR) is 65.9 cm³/mol. The fourth-order valence-corrected chi connectivity index (χ4v) is 5.27. The van der Waals surface area contributed by atoms with E-state index in [-0.39, 0.29) is 0 Å². The minimum absolute atomic E-state index is 0.343. The van der Waals surface area contributed by atoms with Gasteiger partial charge in [0.05, 0.1) is 11.5 Å². The Morgan fingerprint density at radius 2 is 1.88 bits per heavy atom. The highest BCUT2D eigenvalue weighted by Gasteiger charge is 2.34. The monoisotopic (exact) mass is 245 g/mol. The largest absolute Gasteiger partial charge is 0.330 e. The molecule has 2 aliphatic rings. The van der Waals surface area contributed by atoms with Gasteiger partial charge in [0.1, 0.15) is 0 Å². The smallest absolute Gasteiger partial charge is 0.150 e. The van der Waals surface area contributed by atoms with E-state index in [4.69, 9.17) is 5.73 Å². The van der Waals surface area contributed by atoms with Gasteiger partial charge in [0.2, 0.25) is 0 Å². The Labute approximate surface area is 98.7 Å². The van der Waals surface area contributed by atoms with E-state index in [2.05, 4.69) is 0 Å². The summed E-state index contributed by atoms with van der Waals surface area (Å²) in [6.45, 7) is 0.663. The van der Waals surface area contributed by atoms with Crippen LogP contribution in [0, 0.1) is 17.8 Å². The van der Waals surface area contributed by atoms with Crippen molar-refractivity contribution in [3.63, 3.8) is 0 Å². The average Bonchev–Trinajstić information content (AvgIpc) is 2.83. The van der Waals surface area contributed by atoms with Crippen LogP contribution in [0.4, 0.5) is 0 Å². The second-order valence-electron chi connectivity index (χ2n) is 5.55. The van der Waals surface area contributed by atoms with E-state index < -0.39 is 9.84 Å². The lowest BCUT2D eigenvalue weighted by atomic mass is 9.83. The van der Waals surface area contributed by atoms with E-state index in [1.807, 2.05) is 0 Å². The second-order valence-corrected chi connectivity index (χ2v) is 7.77. The van der Waals surface area contributed by atoms with Gasteiger partial charge in [-0.25, -0.2) is 8.42 Å². The fraction of sp³-hybridized carbons (Fsp3) is 1.00. The van der Waals surface area contributed by atoms with E-state index in [1.165, 1.54) is 25.7 Å². The van der Waals surface area contributed by atoms with Crippen molar-refractivity contribution in [2.24, 2.45) is 23.5 Å². The van der Waals surface area contributed by atoms with Crippen LogP contribution in [0.15, 0.2) is 0 Å². The minimum Gasteiger partial charge on any atom is -0.330 e. The summed E-state index contributed by atoms with van der Waals surface area (Å²) in [5, 5.41) is 0. The van der Waals surface area contributed by atoms with Gasteiger partial charge in [0.15, 0.2) is 9.84 Å². The van der Waals surface area contributed by atoms with Gasteiger partial charge in [0.25, 0.3) is 0 Å². The Kier molecular flexibility index (Phi) is 3.90. The molecule has 1 heterocycles. The quantitative estimate of drug-likeness (QED) is 0.818. The Morgan fingerprint density at radius 1 is 1.19 bits per heavy atom. The Bertz CT molecular complexity index is 320. The molecule has 1 saturated carbocycles. The predicted octanol–water partition coefficient (Wildman–Crippen LogP) is 1.58. The van der Waals surface area contributed by atoms with Crippen LogP contribution in [-0.2, 0) is 9.84 Å². The van der Waals surface area contributed by atoms with E-state index in [9.17, 15) is 8.42 Å². The lowest BCUT2D eigenvalue weighted by Gasteiger charge is -2.23. The third-order valence-corrected chi connectivity index (χ3v) is 6.14. The van der Waals surface area contributed by atoms with Crippen LogP contribution in [0.2, 0.25) is 0 Å². The Morgan fingerprint density at radius 3 is 2.38 bits per heavy atom. The molecule has 2 unspecified atom stereocenters. The van der Waals surface area contributed by atoms with Crippen LogP contribution >= 0.6 is 0 Å². The molecule has 2 rings (SSSR count). The van der Waals surface area contributed by atoms with E-state index in [0.717, 1.165) is 18.8 Å². The third kappa shape index (κ3) is 2.98. The third-order valence-electron chi connectivity index (χ3n) is 4.35. The number of hydrogen-bond donors (Lipinski definition) is 1. The Balaban J connectivity index is 1.89. The molecule has 2 N–H and O–H groups in total. The molecule has 16 heavy (non-hydrogen) atoms. The van der Waals surface area contributed by atoms with Crippen molar-refractivity contribution in [1.29, 1.82) is 0 Å². The molecule has 1 aliphatic heterocycles. The zero-order chi connectivity index (χ0) is 11.6. The van der Waals surface area contributed by atoms with Gasteiger partial charge in [-0.3, -0.25) is 0 Å². The van der Waals surface area contributed by atoms with Gasteiger partial charge in [-0.05, 0) is 37.1 Å². The molecule has 0 bridgehead atoms. The summed E-state index contributed by atoms with van der Waals surface area (Å²) in [6.07, 6.45) is 7.37. The summed E-state index contributed by atoms with van der Waals surface area (Å²) in [4.78, 5) is 0. The molecule has 0 radical (unpaired) electrons. The molecule has 0 aromatic carbocycles. The Hall–Kier alpha value is -0.0900. The topological polar surface area (TPSA) is 60.2 Å². The molecule has 0 amide bonds. The molecule has 4 heteroatoms. The van der Waals surface area contributed by atoms with E-state index in [1.54, 1.807) is 0 Å². The summed E-state index contributed by atoms with van der Waals surface area (Å²) < 4.78 is 22.9. The van der Waals surface area contributed by atoms with Crippen LogP contribution in [0.5, 0.6) is 0 Å². The highest BCUT2D eigenvalue weighted by Crippen LogP contribution is 2.35. The molecule has 0 spiro atoms. The number of hydrogen-bond acceptors (Lipinski definition) is 3.